The number of primary amides is 1. The van der Waals surface area contributed by atoms with Gasteiger partial charge in [-0.25, -0.2) is 4.79 Å². The summed E-state index contributed by atoms with van der Waals surface area (Å²) in [6.07, 6.45) is -0.757. The Morgan fingerprint density at radius 3 is 1.73 bits per heavy atom. The lowest BCUT2D eigenvalue weighted by Gasteiger charge is -2.24. The van der Waals surface area contributed by atoms with Gasteiger partial charge >= 0.3 is 6.09 Å². The average molecular weight is 534 g/mol. The maximum absolute atomic E-state index is 13.5. The predicted octanol–water partition coefficient (Wildman–Crippen LogP) is 5.07. The molecule has 202 valence electrons. The van der Waals surface area contributed by atoms with E-state index in [4.69, 9.17) is 10.5 Å². The van der Waals surface area contributed by atoms with E-state index in [1.54, 1.807) is 0 Å². The molecule has 40 heavy (non-hydrogen) atoms. The zero-order chi connectivity index (χ0) is 27.9. The molecule has 7 heteroatoms. The van der Waals surface area contributed by atoms with E-state index in [-0.39, 0.29) is 25.4 Å². The van der Waals surface area contributed by atoms with Crippen LogP contribution in [0, 0.1) is 0 Å². The van der Waals surface area contributed by atoms with Gasteiger partial charge in [-0.1, -0.05) is 109 Å². The Bertz CT molecular complexity index is 1410. The zero-order valence-corrected chi connectivity index (χ0v) is 22.0. The Balaban J connectivity index is 1.30. The normalized spacial score (nSPS) is 12.7. The molecule has 0 saturated carbocycles. The van der Waals surface area contributed by atoms with Crippen molar-refractivity contribution in [3.05, 3.63) is 131 Å². The fourth-order valence-corrected chi connectivity index (χ4v) is 5.23. The first-order chi connectivity index (χ1) is 19.5. The van der Waals surface area contributed by atoms with Crippen LogP contribution in [0.1, 0.15) is 47.1 Å². The monoisotopic (exact) mass is 533 g/mol. The smallest absolute Gasteiger partial charge is 0.407 e. The molecule has 5 rings (SSSR count). The Morgan fingerprint density at radius 2 is 1.20 bits per heavy atom. The largest absolute Gasteiger partial charge is 0.449 e. The van der Waals surface area contributed by atoms with Crippen LogP contribution in [0.4, 0.5) is 4.79 Å². The van der Waals surface area contributed by atoms with Gasteiger partial charge in [0.1, 0.15) is 12.6 Å². The molecule has 0 unspecified atom stereocenters. The number of nitrogens with one attached hydrogen (secondary N) is 2. The first-order valence-corrected chi connectivity index (χ1v) is 13.3. The van der Waals surface area contributed by atoms with E-state index in [9.17, 15) is 14.4 Å². The number of nitrogens with two attached hydrogens (primary N) is 1. The predicted molar refractivity (Wildman–Crippen MR) is 153 cm³/mol. The second-order valence-corrected chi connectivity index (χ2v) is 9.79. The number of alkyl carbamates (subject to hydrolysis) is 1. The maximum atomic E-state index is 13.5. The van der Waals surface area contributed by atoms with Crippen LogP contribution in [0.5, 0.6) is 0 Å². The molecule has 0 aliphatic heterocycles. The summed E-state index contributed by atoms with van der Waals surface area (Å²) in [5.41, 5.74) is 11.6. The highest BCUT2D eigenvalue weighted by molar-refractivity contribution is 5.87. The molecule has 0 spiro atoms. The minimum absolute atomic E-state index is 0.0433. The number of amides is 3. The zero-order valence-electron chi connectivity index (χ0n) is 22.0. The van der Waals surface area contributed by atoms with Crippen molar-refractivity contribution >= 4 is 17.9 Å². The van der Waals surface area contributed by atoms with Crippen LogP contribution in [0.3, 0.4) is 0 Å². The number of carbonyl (C=O) groups excluding carboxylic acids is 3. The van der Waals surface area contributed by atoms with Crippen LogP contribution in [0.25, 0.3) is 11.1 Å². The van der Waals surface area contributed by atoms with Gasteiger partial charge in [0, 0.05) is 12.3 Å². The highest BCUT2D eigenvalue weighted by atomic mass is 16.5. The van der Waals surface area contributed by atoms with Gasteiger partial charge in [0.25, 0.3) is 0 Å². The molecule has 1 aliphatic carbocycles. The lowest BCUT2D eigenvalue weighted by Crippen LogP contribution is -2.48. The molecule has 4 aromatic carbocycles. The molecule has 1 atom stereocenters. The second-order valence-electron chi connectivity index (χ2n) is 9.79. The Morgan fingerprint density at radius 1 is 0.700 bits per heavy atom. The lowest BCUT2D eigenvalue weighted by atomic mass is 9.98. The Hall–Kier alpha value is -4.91. The third kappa shape index (κ3) is 6.04. The van der Waals surface area contributed by atoms with E-state index >= 15 is 0 Å². The highest BCUT2D eigenvalue weighted by Gasteiger charge is 2.30. The number of carbonyl (C=O) groups is 3. The summed E-state index contributed by atoms with van der Waals surface area (Å²) in [6.45, 7) is 0.112. The third-order valence-electron chi connectivity index (χ3n) is 7.18. The average Bonchev–Trinajstić information content (AvgIpc) is 3.31. The van der Waals surface area contributed by atoms with Crippen LogP contribution >= 0.6 is 0 Å². The summed E-state index contributed by atoms with van der Waals surface area (Å²) in [5, 5.41) is 5.71. The van der Waals surface area contributed by atoms with Crippen molar-refractivity contribution in [1.82, 2.24) is 10.6 Å². The summed E-state index contributed by atoms with van der Waals surface area (Å²) < 4.78 is 5.66. The number of ether oxygens (including phenoxy) is 1. The Kier molecular flexibility index (Phi) is 8.21. The van der Waals surface area contributed by atoms with Gasteiger partial charge in [-0.15, -0.1) is 0 Å². The number of rotatable bonds is 10. The molecule has 0 fully saturated rings. The molecule has 0 aromatic heterocycles. The highest BCUT2D eigenvalue weighted by Crippen LogP contribution is 2.44. The van der Waals surface area contributed by atoms with Crippen molar-refractivity contribution in [2.24, 2.45) is 5.73 Å². The lowest BCUT2D eigenvalue weighted by molar-refractivity contribution is -0.124. The molecule has 1 aliphatic rings. The molecule has 4 aromatic rings. The topological polar surface area (TPSA) is 111 Å². The second kappa shape index (κ2) is 12.3. The summed E-state index contributed by atoms with van der Waals surface area (Å²) in [6, 6.07) is 33.8. The SMILES string of the molecule is NC(=O)CC[C@H](NC(=O)OCC1c2ccccc2-c2ccccc21)C(=O)NC(c1ccccc1)c1ccccc1. The number of hydrogen-bond donors (Lipinski definition) is 3. The van der Waals surface area contributed by atoms with Crippen molar-refractivity contribution in [3.63, 3.8) is 0 Å². The molecule has 0 heterocycles. The molecule has 0 saturated heterocycles. The van der Waals surface area contributed by atoms with E-state index in [2.05, 4.69) is 22.8 Å². The van der Waals surface area contributed by atoms with Gasteiger partial charge in [0.05, 0.1) is 6.04 Å². The molecular weight excluding hydrogens is 502 g/mol. The van der Waals surface area contributed by atoms with Crippen LogP contribution in [-0.4, -0.2) is 30.6 Å². The summed E-state index contributed by atoms with van der Waals surface area (Å²) >= 11 is 0. The van der Waals surface area contributed by atoms with Crippen LogP contribution in [0.15, 0.2) is 109 Å². The van der Waals surface area contributed by atoms with Crippen molar-refractivity contribution in [3.8, 4) is 11.1 Å². The van der Waals surface area contributed by atoms with E-state index < -0.39 is 30.0 Å². The molecule has 4 N–H and O–H groups in total. The van der Waals surface area contributed by atoms with E-state index in [1.807, 2.05) is 97.1 Å². The van der Waals surface area contributed by atoms with E-state index in [0.29, 0.717) is 0 Å². The van der Waals surface area contributed by atoms with Crippen molar-refractivity contribution in [2.45, 2.75) is 30.8 Å². The number of hydrogen-bond acceptors (Lipinski definition) is 4. The summed E-state index contributed by atoms with van der Waals surface area (Å²) in [5.74, 6) is -1.11. The molecule has 0 radical (unpaired) electrons. The fourth-order valence-electron chi connectivity index (χ4n) is 5.23. The minimum atomic E-state index is -1.02. The first kappa shape index (κ1) is 26.7. The molecule has 0 bridgehead atoms. The van der Waals surface area contributed by atoms with E-state index in [0.717, 1.165) is 33.4 Å². The standard InChI is InChI=1S/C33H31N3O4/c34-30(37)20-19-29(32(38)36-31(22-11-3-1-4-12-22)23-13-5-2-6-14-23)35-33(39)40-21-28-26-17-9-7-15-24(26)25-16-8-10-18-27(25)28/h1-18,28-29,31H,19-21H2,(H2,34,37)(H,35,39)(H,36,38)/t29-/m0/s1. The third-order valence-corrected chi connectivity index (χ3v) is 7.18. The Labute approximate surface area is 233 Å². The van der Waals surface area contributed by atoms with Gasteiger partial charge in [-0.2, -0.15) is 0 Å². The van der Waals surface area contributed by atoms with Gasteiger partial charge in [0.2, 0.25) is 11.8 Å². The van der Waals surface area contributed by atoms with Crippen molar-refractivity contribution in [2.75, 3.05) is 6.61 Å². The van der Waals surface area contributed by atoms with Gasteiger partial charge in [-0.3, -0.25) is 9.59 Å². The van der Waals surface area contributed by atoms with Gasteiger partial charge in [0.15, 0.2) is 0 Å². The van der Waals surface area contributed by atoms with Crippen molar-refractivity contribution < 1.29 is 19.1 Å². The first-order valence-electron chi connectivity index (χ1n) is 13.3. The molecular formula is C33H31N3O4. The maximum Gasteiger partial charge on any atom is 0.407 e. The van der Waals surface area contributed by atoms with Crippen LogP contribution in [-0.2, 0) is 14.3 Å². The number of benzene rings is 4. The summed E-state index contributed by atoms with van der Waals surface area (Å²) in [7, 11) is 0. The van der Waals surface area contributed by atoms with Crippen LogP contribution < -0.4 is 16.4 Å². The fraction of sp³-hybridized carbons (Fsp3) is 0.182. The quantitative estimate of drug-likeness (QED) is 0.264. The molecule has 3 amide bonds. The minimum Gasteiger partial charge on any atom is -0.449 e. The molecule has 7 nitrogen and oxygen atoms in total. The van der Waals surface area contributed by atoms with E-state index in [1.165, 1.54) is 0 Å². The summed E-state index contributed by atoms with van der Waals surface area (Å²) in [4.78, 5) is 38.0. The van der Waals surface area contributed by atoms with Crippen molar-refractivity contribution in [1.29, 1.82) is 0 Å². The van der Waals surface area contributed by atoms with Gasteiger partial charge < -0.3 is 21.1 Å². The van der Waals surface area contributed by atoms with Gasteiger partial charge in [-0.05, 0) is 39.8 Å². The van der Waals surface area contributed by atoms with Crippen LogP contribution in [0.2, 0.25) is 0 Å². The number of fused-ring (bicyclic) bond motifs is 3.